The standard InChI is InChI=1S/C16H15F3O2S/c1-11(13-4-6-14(17)7-5-13)22(20)10-12-2-8-15(9-3-12)21-16(18)19/h2-9,11,16H,10H2,1H3/t11-,22+/m1/s1. The fourth-order valence-corrected chi connectivity index (χ4v) is 3.17. The first kappa shape index (κ1) is 16.5. The molecular formula is C16H15F3O2S. The van der Waals surface area contributed by atoms with Crippen molar-refractivity contribution in [2.24, 2.45) is 0 Å². The summed E-state index contributed by atoms with van der Waals surface area (Å²) >= 11 is 0. The highest BCUT2D eigenvalue weighted by molar-refractivity contribution is 7.84. The van der Waals surface area contributed by atoms with Crippen LogP contribution in [0.25, 0.3) is 0 Å². The second kappa shape index (κ2) is 7.45. The van der Waals surface area contributed by atoms with Gasteiger partial charge in [-0.1, -0.05) is 24.3 Å². The highest BCUT2D eigenvalue weighted by Gasteiger charge is 2.14. The first-order valence-electron chi connectivity index (χ1n) is 6.62. The molecule has 0 fully saturated rings. The maximum absolute atomic E-state index is 12.9. The Labute approximate surface area is 129 Å². The van der Waals surface area contributed by atoms with Crippen LogP contribution in [0.3, 0.4) is 0 Å². The third-order valence-electron chi connectivity index (χ3n) is 3.19. The van der Waals surface area contributed by atoms with Gasteiger partial charge >= 0.3 is 6.61 Å². The van der Waals surface area contributed by atoms with Crippen molar-refractivity contribution in [3.8, 4) is 5.75 Å². The summed E-state index contributed by atoms with van der Waals surface area (Å²) in [5.41, 5.74) is 1.55. The molecule has 2 nitrogen and oxygen atoms in total. The maximum Gasteiger partial charge on any atom is 0.387 e. The molecule has 0 heterocycles. The lowest BCUT2D eigenvalue weighted by Gasteiger charge is -2.12. The van der Waals surface area contributed by atoms with Crippen molar-refractivity contribution in [3.63, 3.8) is 0 Å². The summed E-state index contributed by atoms with van der Waals surface area (Å²) in [6.45, 7) is -1.06. The Morgan fingerprint density at radius 2 is 1.64 bits per heavy atom. The summed E-state index contributed by atoms with van der Waals surface area (Å²) < 4.78 is 53.6. The fourth-order valence-electron chi connectivity index (χ4n) is 1.94. The van der Waals surface area contributed by atoms with E-state index in [1.54, 1.807) is 31.2 Å². The molecule has 6 heteroatoms. The monoisotopic (exact) mass is 328 g/mol. The SMILES string of the molecule is C[C@H](c1ccc(F)cc1)[S@@](=O)Cc1ccc(OC(F)F)cc1. The molecule has 0 aliphatic heterocycles. The van der Waals surface area contributed by atoms with E-state index in [4.69, 9.17) is 0 Å². The quantitative estimate of drug-likeness (QED) is 0.784. The van der Waals surface area contributed by atoms with Gasteiger partial charge in [0.1, 0.15) is 11.6 Å². The highest BCUT2D eigenvalue weighted by atomic mass is 32.2. The Balaban J connectivity index is 2.00. The van der Waals surface area contributed by atoms with Crippen LogP contribution in [0.1, 0.15) is 23.3 Å². The number of ether oxygens (including phenoxy) is 1. The predicted molar refractivity (Wildman–Crippen MR) is 79.7 cm³/mol. The highest BCUT2D eigenvalue weighted by Crippen LogP contribution is 2.23. The molecule has 0 bridgehead atoms. The minimum Gasteiger partial charge on any atom is -0.435 e. The van der Waals surface area contributed by atoms with Gasteiger partial charge in [0.2, 0.25) is 0 Å². The van der Waals surface area contributed by atoms with Crippen molar-refractivity contribution >= 4 is 10.8 Å². The molecular weight excluding hydrogens is 313 g/mol. The molecule has 0 aliphatic carbocycles. The number of rotatable bonds is 6. The molecule has 118 valence electrons. The minimum atomic E-state index is -2.86. The third-order valence-corrected chi connectivity index (χ3v) is 4.87. The van der Waals surface area contributed by atoms with Crippen molar-refractivity contribution < 1.29 is 22.1 Å². The second-order valence-electron chi connectivity index (χ2n) is 4.74. The summed E-state index contributed by atoms with van der Waals surface area (Å²) in [6, 6.07) is 11.9. The molecule has 0 amide bonds. The lowest BCUT2D eigenvalue weighted by atomic mass is 10.2. The number of hydrogen-bond donors (Lipinski definition) is 0. The van der Waals surface area contributed by atoms with Crippen LogP contribution in [0.5, 0.6) is 5.75 Å². The Morgan fingerprint density at radius 1 is 1.05 bits per heavy atom. The van der Waals surface area contributed by atoms with E-state index < -0.39 is 17.4 Å². The Hall–Kier alpha value is -1.82. The maximum atomic E-state index is 12.9. The zero-order chi connectivity index (χ0) is 16.1. The van der Waals surface area contributed by atoms with E-state index in [9.17, 15) is 17.4 Å². The molecule has 0 radical (unpaired) electrons. The zero-order valence-corrected chi connectivity index (χ0v) is 12.7. The van der Waals surface area contributed by atoms with Gasteiger partial charge < -0.3 is 4.74 Å². The average Bonchev–Trinajstić information content (AvgIpc) is 2.49. The molecule has 0 aromatic heterocycles. The van der Waals surface area contributed by atoms with Crippen LogP contribution < -0.4 is 4.74 Å². The van der Waals surface area contributed by atoms with Gasteiger partial charge in [0.15, 0.2) is 0 Å². The van der Waals surface area contributed by atoms with Crippen LogP contribution in [-0.2, 0) is 16.6 Å². The Morgan fingerprint density at radius 3 is 2.18 bits per heavy atom. The van der Waals surface area contributed by atoms with Crippen LogP contribution in [0.15, 0.2) is 48.5 Å². The smallest absolute Gasteiger partial charge is 0.387 e. The first-order valence-corrected chi connectivity index (χ1v) is 8.00. The Kier molecular flexibility index (Phi) is 5.60. The molecule has 2 aromatic rings. The largest absolute Gasteiger partial charge is 0.435 e. The van der Waals surface area contributed by atoms with E-state index in [1.807, 2.05) is 0 Å². The molecule has 0 unspecified atom stereocenters. The van der Waals surface area contributed by atoms with E-state index in [1.165, 1.54) is 24.3 Å². The summed E-state index contributed by atoms with van der Waals surface area (Å²) in [5.74, 6) is 0.0144. The van der Waals surface area contributed by atoms with E-state index in [0.29, 0.717) is 0 Å². The topological polar surface area (TPSA) is 26.3 Å². The van der Waals surface area contributed by atoms with Crippen LogP contribution >= 0.6 is 0 Å². The van der Waals surface area contributed by atoms with Gasteiger partial charge in [0.25, 0.3) is 0 Å². The fraction of sp³-hybridized carbons (Fsp3) is 0.250. The molecule has 0 aliphatic rings. The van der Waals surface area contributed by atoms with Gasteiger partial charge in [-0.25, -0.2) is 4.39 Å². The molecule has 0 saturated carbocycles. The summed E-state index contributed by atoms with van der Waals surface area (Å²) in [4.78, 5) is 0. The van der Waals surface area contributed by atoms with E-state index in [0.717, 1.165) is 11.1 Å². The number of alkyl halides is 2. The zero-order valence-electron chi connectivity index (χ0n) is 11.8. The molecule has 0 N–H and O–H groups in total. The van der Waals surface area contributed by atoms with Crippen LogP contribution in [0.4, 0.5) is 13.2 Å². The van der Waals surface area contributed by atoms with E-state index in [-0.39, 0.29) is 22.6 Å². The van der Waals surface area contributed by atoms with E-state index in [2.05, 4.69) is 4.74 Å². The lowest BCUT2D eigenvalue weighted by molar-refractivity contribution is -0.0498. The van der Waals surface area contributed by atoms with E-state index >= 15 is 0 Å². The average molecular weight is 328 g/mol. The van der Waals surface area contributed by atoms with Gasteiger partial charge in [0, 0.05) is 16.6 Å². The van der Waals surface area contributed by atoms with Crippen molar-refractivity contribution in [2.45, 2.75) is 24.5 Å². The molecule has 2 rings (SSSR count). The van der Waals surface area contributed by atoms with Crippen LogP contribution in [0.2, 0.25) is 0 Å². The normalized spacial score (nSPS) is 13.9. The Bertz CT molecular complexity index is 627. The number of hydrogen-bond acceptors (Lipinski definition) is 2. The third kappa shape index (κ3) is 4.59. The van der Waals surface area contributed by atoms with Gasteiger partial charge in [0.05, 0.1) is 5.25 Å². The lowest BCUT2D eigenvalue weighted by Crippen LogP contribution is -2.06. The molecule has 0 spiro atoms. The summed E-state index contributed by atoms with van der Waals surface area (Å²) in [5, 5.41) is -0.252. The molecule has 22 heavy (non-hydrogen) atoms. The number of benzene rings is 2. The van der Waals surface area contributed by atoms with Crippen LogP contribution in [-0.4, -0.2) is 10.8 Å². The minimum absolute atomic E-state index is 0.0658. The van der Waals surface area contributed by atoms with Crippen molar-refractivity contribution in [3.05, 3.63) is 65.5 Å². The van der Waals surface area contributed by atoms with Gasteiger partial charge in [-0.15, -0.1) is 0 Å². The first-order chi connectivity index (χ1) is 10.5. The van der Waals surface area contributed by atoms with Crippen molar-refractivity contribution in [1.82, 2.24) is 0 Å². The molecule has 2 atom stereocenters. The number of halogens is 3. The van der Waals surface area contributed by atoms with Crippen molar-refractivity contribution in [1.29, 1.82) is 0 Å². The second-order valence-corrected chi connectivity index (χ2v) is 6.50. The van der Waals surface area contributed by atoms with Gasteiger partial charge in [-0.05, 0) is 42.3 Å². The predicted octanol–water partition coefficient (Wildman–Crippen LogP) is 4.44. The van der Waals surface area contributed by atoms with Gasteiger partial charge in [-0.2, -0.15) is 8.78 Å². The van der Waals surface area contributed by atoms with Crippen molar-refractivity contribution in [2.75, 3.05) is 0 Å². The molecule has 2 aromatic carbocycles. The van der Waals surface area contributed by atoms with Gasteiger partial charge in [-0.3, -0.25) is 4.21 Å². The summed E-state index contributed by atoms with van der Waals surface area (Å²) in [6.07, 6.45) is 0. The molecule has 0 saturated heterocycles. The summed E-state index contributed by atoms with van der Waals surface area (Å²) in [7, 11) is -1.20. The van der Waals surface area contributed by atoms with Crippen LogP contribution in [0, 0.1) is 5.82 Å².